The van der Waals surface area contributed by atoms with Gasteiger partial charge in [-0.1, -0.05) is 18.2 Å². The summed E-state index contributed by atoms with van der Waals surface area (Å²) in [4.78, 5) is 12.1. The first kappa shape index (κ1) is 18.4. The molecule has 1 saturated heterocycles. The first-order chi connectivity index (χ1) is 12.4. The molecule has 1 atom stereocenters. The summed E-state index contributed by atoms with van der Waals surface area (Å²) in [5.74, 6) is -0.391. The Labute approximate surface area is 149 Å². The molecule has 2 heterocycles. The molecule has 1 unspecified atom stereocenters. The maximum atomic E-state index is 12.7. The topological polar surface area (TPSA) is 56.2 Å². The number of anilines is 1. The molecule has 1 aliphatic rings. The maximum Gasteiger partial charge on any atom is 0.416 e. The highest BCUT2D eigenvalue weighted by atomic mass is 19.4. The Morgan fingerprint density at radius 3 is 2.92 bits per heavy atom. The second-order valence-electron chi connectivity index (χ2n) is 6.36. The van der Waals surface area contributed by atoms with E-state index in [1.807, 2.05) is 0 Å². The highest BCUT2D eigenvalue weighted by Gasteiger charge is 2.30. The number of aromatic nitrogens is 2. The predicted octanol–water partition coefficient (Wildman–Crippen LogP) is 3.65. The quantitative estimate of drug-likeness (QED) is 0.878. The van der Waals surface area contributed by atoms with E-state index in [-0.39, 0.29) is 12.5 Å². The van der Waals surface area contributed by atoms with Gasteiger partial charge in [0.05, 0.1) is 36.5 Å². The van der Waals surface area contributed by atoms with E-state index in [0.717, 1.165) is 38.0 Å². The monoisotopic (exact) mass is 367 g/mol. The molecule has 0 saturated carbocycles. The Morgan fingerprint density at radius 2 is 2.19 bits per heavy atom. The number of nitrogens with one attached hydrogen (secondary N) is 1. The van der Waals surface area contributed by atoms with Crippen LogP contribution in [0.3, 0.4) is 0 Å². The van der Waals surface area contributed by atoms with Gasteiger partial charge < -0.3 is 10.1 Å². The van der Waals surface area contributed by atoms with Crippen molar-refractivity contribution in [3.63, 3.8) is 0 Å². The lowest BCUT2D eigenvalue weighted by Crippen LogP contribution is -2.24. The molecular formula is C18H20F3N3O2. The molecule has 0 bridgehead atoms. The molecule has 5 nitrogen and oxygen atoms in total. The highest BCUT2D eigenvalue weighted by Crippen LogP contribution is 2.29. The number of hydrogen-bond donors (Lipinski definition) is 1. The molecule has 0 aliphatic carbocycles. The number of benzene rings is 1. The third-order valence-electron chi connectivity index (χ3n) is 4.20. The van der Waals surface area contributed by atoms with E-state index in [1.54, 1.807) is 10.9 Å². The van der Waals surface area contributed by atoms with E-state index < -0.39 is 17.6 Å². The van der Waals surface area contributed by atoms with Crippen LogP contribution in [-0.4, -0.2) is 28.4 Å². The maximum absolute atomic E-state index is 12.7. The standard InChI is InChI=1S/C18H20F3N3O2/c19-18(20,21)14-5-3-4-13(8-14)9-17(25)23-15-10-22-24(11-15)12-16-6-1-2-7-26-16/h3-5,8,10-11,16H,1-2,6-7,9,12H2,(H,23,25). The Kier molecular flexibility index (Phi) is 5.61. The summed E-state index contributed by atoms with van der Waals surface area (Å²) in [6.45, 7) is 1.37. The number of carbonyl (C=O) groups is 1. The minimum atomic E-state index is -4.42. The Balaban J connectivity index is 1.55. The van der Waals surface area contributed by atoms with Gasteiger partial charge in [-0.2, -0.15) is 18.3 Å². The first-order valence-corrected chi connectivity index (χ1v) is 8.50. The lowest BCUT2D eigenvalue weighted by atomic mass is 10.1. The molecule has 3 rings (SSSR count). The SMILES string of the molecule is O=C(Cc1cccc(C(F)(F)F)c1)Nc1cnn(CC2CCCCO2)c1. The van der Waals surface area contributed by atoms with Crippen LogP contribution >= 0.6 is 0 Å². The summed E-state index contributed by atoms with van der Waals surface area (Å²) in [6, 6.07) is 4.77. The minimum Gasteiger partial charge on any atom is -0.376 e. The summed E-state index contributed by atoms with van der Waals surface area (Å²) in [7, 11) is 0. The van der Waals surface area contributed by atoms with Crippen molar-refractivity contribution in [1.82, 2.24) is 9.78 Å². The zero-order chi connectivity index (χ0) is 18.6. The van der Waals surface area contributed by atoms with Crippen LogP contribution in [-0.2, 0) is 28.7 Å². The highest BCUT2D eigenvalue weighted by molar-refractivity contribution is 5.92. The van der Waals surface area contributed by atoms with E-state index in [1.165, 1.54) is 18.3 Å². The molecule has 140 valence electrons. The van der Waals surface area contributed by atoms with Crippen molar-refractivity contribution in [3.8, 4) is 0 Å². The number of amides is 1. The van der Waals surface area contributed by atoms with Gasteiger partial charge in [-0.15, -0.1) is 0 Å². The van der Waals surface area contributed by atoms with E-state index in [9.17, 15) is 18.0 Å². The molecule has 26 heavy (non-hydrogen) atoms. The molecule has 8 heteroatoms. The van der Waals surface area contributed by atoms with Gasteiger partial charge in [0.2, 0.25) is 5.91 Å². The van der Waals surface area contributed by atoms with Crippen molar-refractivity contribution in [3.05, 3.63) is 47.8 Å². The van der Waals surface area contributed by atoms with Crippen LogP contribution in [0.15, 0.2) is 36.7 Å². The van der Waals surface area contributed by atoms with Crippen LogP contribution in [0.25, 0.3) is 0 Å². The zero-order valence-electron chi connectivity index (χ0n) is 14.1. The van der Waals surface area contributed by atoms with Crippen molar-refractivity contribution in [2.75, 3.05) is 11.9 Å². The van der Waals surface area contributed by atoms with E-state index in [0.29, 0.717) is 17.8 Å². The fourth-order valence-corrected chi connectivity index (χ4v) is 2.94. The minimum absolute atomic E-state index is 0.123. The molecular weight excluding hydrogens is 347 g/mol. The summed E-state index contributed by atoms with van der Waals surface area (Å²) >= 11 is 0. The van der Waals surface area contributed by atoms with Crippen molar-refractivity contribution < 1.29 is 22.7 Å². The van der Waals surface area contributed by atoms with Gasteiger partial charge >= 0.3 is 6.18 Å². The zero-order valence-corrected chi connectivity index (χ0v) is 14.1. The van der Waals surface area contributed by atoms with Crippen molar-refractivity contribution >= 4 is 11.6 Å². The van der Waals surface area contributed by atoms with Crippen molar-refractivity contribution in [2.24, 2.45) is 0 Å². The molecule has 2 aromatic rings. The molecule has 1 aliphatic heterocycles. The van der Waals surface area contributed by atoms with Crippen LogP contribution in [0.5, 0.6) is 0 Å². The Hall–Kier alpha value is -2.35. The van der Waals surface area contributed by atoms with Gasteiger partial charge in [-0.3, -0.25) is 9.48 Å². The lowest BCUT2D eigenvalue weighted by molar-refractivity contribution is -0.137. The molecule has 0 spiro atoms. The molecule has 1 amide bonds. The third-order valence-corrected chi connectivity index (χ3v) is 4.20. The first-order valence-electron chi connectivity index (χ1n) is 8.50. The summed E-state index contributed by atoms with van der Waals surface area (Å²) in [6.07, 6.45) is 1.97. The average Bonchev–Trinajstić information content (AvgIpc) is 3.02. The van der Waals surface area contributed by atoms with Gasteiger partial charge in [-0.05, 0) is 30.9 Å². The van der Waals surface area contributed by atoms with E-state index in [2.05, 4.69) is 10.4 Å². The van der Waals surface area contributed by atoms with E-state index in [4.69, 9.17) is 4.74 Å². The Morgan fingerprint density at radius 1 is 1.35 bits per heavy atom. The fourth-order valence-electron chi connectivity index (χ4n) is 2.94. The second-order valence-corrected chi connectivity index (χ2v) is 6.36. The number of rotatable bonds is 5. The van der Waals surface area contributed by atoms with Crippen LogP contribution in [0.2, 0.25) is 0 Å². The number of nitrogens with zero attached hydrogens (tertiary/aromatic N) is 2. The largest absolute Gasteiger partial charge is 0.416 e. The van der Waals surface area contributed by atoms with Gasteiger partial charge in [-0.25, -0.2) is 0 Å². The molecule has 1 aromatic heterocycles. The van der Waals surface area contributed by atoms with Crippen molar-refractivity contribution in [2.45, 2.75) is 44.5 Å². The number of alkyl halides is 3. The van der Waals surface area contributed by atoms with Gasteiger partial charge in [0.15, 0.2) is 0 Å². The normalized spacial score (nSPS) is 17.9. The summed E-state index contributed by atoms with van der Waals surface area (Å²) in [5, 5.41) is 6.85. The third kappa shape index (κ3) is 5.08. The summed E-state index contributed by atoms with van der Waals surface area (Å²) < 4.78 is 45.5. The van der Waals surface area contributed by atoms with Gasteiger partial charge in [0, 0.05) is 12.8 Å². The lowest BCUT2D eigenvalue weighted by Gasteiger charge is -2.22. The van der Waals surface area contributed by atoms with Gasteiger partial charge in [0.1, 0.15) is 0 Å². The number of ether oxygens (including phenoxy) is 1. The average molecular weight is 367 g/mol. The van der Waals surface area contributed by atoms with Crippen molar-refractivity contribution in [1.29, 1.82) is 0 Å². The van der Waals surface area contributed by atoms with E-state index >= 15 is 0 Å². The molecule has 0 radical (unpaired) electrons. The Bertz CT molecular complexity index is 752. The van der Waals surface area contributed by atoms with Gasteiger partial charge in [0.25, 0.3) is 0 Å². The van der Waals surface area contributed by atoms with Crippen LogP contribution in [0.1, 0.15) is 30.4 Å². The summed E-state index contributed by atoms with van der Waals surface area (Å²) in [5.41, 5.74) is 0.0567. The van der Waals surface area contributed by atoms with Crippen LogP contribution in [0, 0.1) is 0 Å². The van der Waals surface area contributed by atoms with Crippen LogP contribution in [0.4, 0.5) is 18.9 Å². The number of hydrogen-bond acceptors (Lipinski definition) is 3. The molecule has 1 N–H and O–H groups in total. The predicted molar refractivity (Wildman–Crippen MR) is 89.6 cm³/mol. The smallest absolute Gasteiger partial charge is 0.376 e. The molecule has 1 aromatic carbocycles. The number of halogens is 3. The second kappa shape index (κ2) is 7.90. The van der Waals surface area contributed by atoms with Crippen LogP contribution < -0.4 is 5.32 Å². The molecule has 1 fully saturated rings. The fraction of sp³-hybridized carbons (Fsp3) is 0.444. The number of carbonyl (C=O) groups excluding carboxylic acids is 1.